The Kier molecular flexibility index (Phi) is 4.10. The molecule has 0 heterocycles. The van der Waals surface area contributed by atoms with Crippen LogP contribution in [0.1, 0.15) is 43.7 Å². The second-order valence-corrected chi connectivity index (χ2v) is 7.21. The number of benzene rings is 2. The Bertz CT molecular complexity index is 551. The van der Waals surface area contributed by atoms with Gasteiger partial charge in [0.15, 0.2) is 0 Å². The van der Waals surface area contributed by atoms with Crippen molar-refractivity contribution in [3.8, 4) is 0 Å². The first-order valence-electron chi connectivity index (χ1n) is 8.35. The summed E-state index contributed by atoms with van der Waals surface area (Å²) < 4.78 is 0. The molecule has 1 aliphatic carbocycles. The summed E-state index contributed by atoms with van der Waals surface area (Å²) in [7, 11) is 4.44. The van der Waals surface area contributed by atoms with Crippen LogP contribution < -0.4 is 0 Å². The van der Waals surface area contributed by atoms with Gasteiger partial charge in [-0.3, -0.25) is 0 Å². The largest absolute Gasteiger partial charge is 0.304 e. The first-order valence-corrected chi connectivity index (χ1v) is 8.35. The molecule has 0 aromatic heterocycles. The lowest BCUT2D eigenvalue weighted by Crippen LogP contribution is -2.48. The van der Waals surface area contributed by atoms with Gasteiger partial charge in [-0.05, 0) is 57.8 Å². The fourth-order valence-corrected chi connectivity index (χ4v) is 3.92. The second-order valence-electron chi connectivity index (χ2n) is 7.21. The van der Waals surface area contributed by atoms with Gasteiger partial charge in [0.2, 0.25) is 0 Å². The van der Waals surface area contributed by atoms with Crippen molar-refractivity contribution in [2.75, 3.05) is 14.1 Å². The molecule has 0 unspecified atom stereocenters. The molecule has 0 radical (unpaired) electrons. The fourth-order valence-electron chi connectivity index (χ4n) is 3.92. The van der Waals surface area contributed by atoms with E-state index in [9.17, 15) is 0 Å². The van der Waals surface area contributed by atoms with Crippen LogP contribution in [0.15, 0.2) is 60.7 Å². The van der Waals surface area contributed by atoms with Gasteiger partial charge in [-0.2, -0.15) is 0 Å². The van der Waals surface area contributed by atoms with Gasteiger partial charge in [-0.25, -0.2) is 0 Å². The molecule has 0 spiro atoms. The fraction of sp³-hybridized carbons (Fsp3) is 0.429. The lowest BCUT2D eigenvalue weighted by atomic mass is 9.61. The van der Waals surface area contributed by atoms with Crippen molar-refractivity contribution in [2.24, 2.45) is 0 Å². The number of nitrogens with zero attached hydrogens (tertiary/aromatic N) is 1. The van der Waals surface area contributed by atoms with Crippen LogP contribution in [-0.2, 0) is 5.41 Å². The van der Waals surface area contributed by atoms with Gasteiger partial charge >= 0.3 is 0 Å². The maximum absolute atomic E-state index is 2.41. The molecular formula is C21H27N. The Morgan fingerprint density at radius 1 is 0.682 bits per heavy atom. The van der Waals surface area contributed by atoms with E-state index in [0.717, 1.165) is 0 Å². The number of rotatable bonds is 3. The minimum atomic E-state index is 0.179. The van der Waals surface area contributed by atoms with E-state index in [2.05, 4.69) is 86.6 Å². The first kappa shape index (κ1) is 15.3. The molecule has 0 atom stereocenters. The van der Waals surface area contributed by atoms with E-state index < -0.39 is 0 Å². The number of hydrogen-bond acceptors (Lipinski definition) is 1. The summed E-state index contributed by atoms with van der Waals surface area (Å²) in [4.78, 5) is 2.41. The Labute approximate surface area is 135 Å². The van der Waals surface area contributed by atoms with E-state index in [1.165, 1.54) is 36.8 Å². The molecule has 0 bridgehead atoms. The molecule has 1 fully saturated rings. The van der Waals surface area contributed by atoms with E-state index >= 15 is 0 Å². The highest BCUT2D eigenvalue weighted by Gasteiger charge is 2.43. The van der Waals surface area contributed by atoms with Crippen molar-refractivity contribution >= 4 is 0 Å². The van der Waals surface area contributed by atoms with Crippen molar-refractivity contribution in [3.05, 3.63) is 71.8 Å². The van der Waals surface area contributed by atoms with Crippen molar-refractivity contribution < 1.29 is 0 Å². The standard InChI is InChI=1S/C21H27N/c1-20(22(2)3)14-16-21(17-15-20,18-10-6-4-7-11-18)19-12-8-5-9-13-19/h4-13H,14-17H2,1-3H3. The predicted octanol–water partition coefficient (Wildman–Crippen LogP) is 4.87. The molecule has 1 nitrogen and oxygen atoms in total. The summed E-state index contributed by atoms with van der Waals surface area (Å²) in [6.45, 7) is 2.41. The highest BCUT2D eigenvalue weighted by molar-refractivity contribution is 5.40. The van der Waals surface area contributed by atoms with Gasteiger partial charge in [0.25, 0.3) is 0 Å². The Balaban J connectivity index is 2.01. The van der Waals surface area contributed by atoms with Crippen LogP contribution in [-0.4, -0.2) is 24.5 Å². The summed E-state index contributed by atoms with van der Waals surface area (Å²) in [5.74, 6) is 0. The average Bonchev–Trinajstić information content (AvgIpc) is 2.57. The monoisotopic (exact) mass is 293 g/mol. The minimum absolute atomic E-state index is 0.179. The van der Waals surface area contributed by atoms with E-state index in [-0.39, 0.29) is 5.41 Å². The normalized spacial score (nSPS) is 20.0. The molecule has 1 aliphatic rings. The highest BCUT2D eigenvalue weighted by atomic mass is 15.1. The maximum Gasteiger partial charge on any atom is 0.0204 e. The molecule has 2 aromatic carbocycles. The van der Waals surface area contributed by atoms with Gasteiger partial charge in [0.05, 0.1) is 0 Å². The summed E-state index contributed by atoms with van der Waals surface area (Å²) >= 11 is 0. The van der Waals surface area contributed by atoms with Gasteiger partial charge in [0, 0.05) is 11.0 Å². The maximum atomic E-state index is 2.41. The average molecular weight is 293 g/mol. The third-order valence-electron chi connectivity index (χ3n) is 5.91. The van der Waals surface area contributed by atoms with Crippen molar-refractivity contribution in [2.45, 2.75) is 43.6 Å². The van der Waals surface area contributed by atoms with Crippen LogP contribution in [0.5, 0.6) is 0 Å². The van der Waals surface area contributed by atoms with Crippen LogP contribution in [0, 0.1) is 0 Å². The summed E-state index contributed by atoms with van der Waals surface area (Å²) in [6, 6.07) is 22.2. The second kappa shape index (κ2) is 5.89. The number of hydrogen-bond donors (Lipinski definition) is 0. The molecule has 1 saturated carbocycles. The van der Waals surface area contributed by atoms with E-state index in [1.54, 1.807) is 0 Å². The van der Waals surface area contributed by atoms with Gasteiger partial charge in [-0.1, -0.05) is 60.7 Å². The van der Waals surface area contributed by atoms with Crippen LogP contribution in [0.3, 0.4) is 0 Å². The van der Waals surface area contributed by atoms with Crippen molar-refractivity contribution in [1.29, 1.82) is 0 Å². The van der Waals surface area contributed by atoms with Crippen LogP contribution in [0.4, 0.5) is 0 Å². The van der Waals surface area contributed by atoms with E-state index in [1.807, 2.05) is 0 Å². The molecule has 3 rings (SSSR count). The SMILES string of the molecule is CN(C)C1(C)CCC(c2ccccc2)(c2ccccc2)CC1. The van der Waals surface area contributed by atoms with Crippen molar-refractivity contribution in [3.63, 3.8) is 0 Å². The lowest BCUT2D eigenvalue weighted by molar-refractivity contribution is 0.0945. The quantitative estimate of drug-likeness (QED) is 0.780. The van der Waals surface area contributed by atoms with Gasteiger partial charge in [0.1, 0.15) is 0 Å². The minimum Gasteiger partial charge on any atom is -0.304 e. The Morgan fingerprint density at radius 2 is 1.09 bits per heavy atom. The molecule has 2 aromatic rings. The van der Waals surface area contributed by atoms with Crippen LogP contribution in [0.2, 0.25) is 0 Å². The summed E-state index contributed by atoms with van der Waals surface area (Å²) in [6.07, 6.45) is 4.92. The molecule has 0 aliphatic heterocycles. The zero-order chi connectivity index (χ0) is 15.6. The zero-order valence-corrected chi connectivity index (χ0v) is 14.0. The summed E-state index contributed by atoms with van der Waals surface area (Å²) in [5.41, 5.74) is 3.45. The molecule has 0 amide bonds. The van der Waals surface area contributed by atoms with E-state index in [4.69, 9.17) is 0 Å². The molecule has 1 heteroatoms. The Hall–Kier alpha value is -1.60. The molecular weight excluding hydrogens is 266 g/mol. The zero-order valence-electron chi connectivity index (χ0n) is 14.0. The van der Waals surface area contributed by atoms with Crippen molar-refractivity contribution in [1.82, 2.24) is 4.90 Å². The molecule has 22 heavy (non-hydrogen) atoms. The highest BCUT2D eigenvalue weighted by Crippen LogP contribution is 2.48. The molecule has 116 valence electrons. The lowest BCUT2D eigenvalue weighted by Gasteiger charge is -2.48. The predicted molar refractivity (Wildman–Crippen MR) is 94.2 cm³/mol. The van der Waals surface area contributed by atoms with Gasteiger partial charge in [-0.15, -0.1) is 0 Å². The third kappa shape index (κ3) is 2.59. The smallest absolute Gasteiger partial charge is 0.0204 e. The van der Waals surface area contributed by atoms with Crippen LogP contribution in [0.25, 0.3) is 0 Å². The molecule has 0 N–H and O–H groups in total. The van der Waals surface area contributed by atoms with Gasteiger partial charge < -0.3 is 4.90 Å². The molecule has 0 saturated heterocycles. The Morgan fingerprint density at radius 3 is 1.45 bits per heavy atom. The third-order valence-corrected chi connectivity index (χ3v) is 5.91. The topological polar surface area (TPSA) is 3.24 Å². The van der Waals surface area contributed by atoms with Crippen LogP contribution >= 0.6 is 0 Å². The van der Waals surface area contributed by atoms with E-state index in [0.29, 0.717) is 5.54 Å². The first-order chi connectivity index (χ1) is 10.6. The summed E-state index contributed by atoms with van der Waals surface area (Å²) in [5, 5.41) is 0.